The molecule has 5 nitrogen and oxygen atoms in total. The molecule has 0 aliphatic carbocycles. The van der Waals surface area contributed by atoms with Crippen LogP contribution in [0.1, 0.15) is 43.7 Å². The Morgan fingerprint density at radius 3 is 2.38 bits per heavy atom. The van der Waals surface area contributed by atoms with Gasteiger partial charge in [0.1, 0.15) is 5.54 Å². The summed E-state index contributed by atoms with van der Waals surface area (Å²) in [5.74, 6) is 0.492. The van der Waals surface area contributed by atoms with Gasteiger partial charge in [0.05, 0.1) is 6.20 Å². The van der Waals surface area contributed by atoms with E-state index in [1.165, 1.54) is 5.56 Å². The molecule has 1 atom stereocenters. The number of likely N-dealkylation sites (tertiary alicyclic amines) is 1. The normalized spacial score (nSPS) is 17.0. The van der Waals surface area contributed by atoms with Crippen LogP contribution >= 0.6 is 24.8 Å². The number of amides is 1. The van der Waals surface area contributed by atoms with Gasteiger partial charge in [0.25, 0.3) is 0 Å². The van der Waals surface area contributed by atoms with Crippen LogP contribution in [0.4, 0.5) is 0 Å². The average molecular weight is 399 g/mol. The fourth-order valence-corrected chi connectivity index (χ4v) is 3.42. The van der Waals surface area contributed by atoms with Gasteiger partial charge in [-0.3, -0.25) is 9.48 Å². The fourth-order valence-electron chi connectivity index (χ4n) is 3.42. The third kappa shape index (κ3) is 4.58. The largest absolute Gasteiger partial charge is 0.341 e. The molecule has 1 fully saturated rings. The van der Waals surface area contributed by atoms with E-state index in [1.54, 1.807) is 0 Å². The van der Waals surface area contributed by atoms with E-state index in [-0.39, 0.29) is 30.7 Å². The molecular weight excluding hydrogens is 371 g/mol. The first-order valence-electron chi connectivity index (χ1n) is 8.68. The Hall–Kier alpha value is -1.56. The molecule has 1 saturated heterocycles. The molecule has 0 bridgehead atoms. The minimum Gasteiger partial charge on any atom is -0.341 e. The zero-order chi connectivity index (χ0) is 17.2. The van der Waals surface area contributed by atoms with Crippen LogP contribution in [0.5, 0.6) is 0 Å². The Bertz CT molecular complexity index is 695. The minimum atomic E-state index is -0.971. The molecule has 1 aliphatic heterocycles. The van der Waals surface area contributed by atoms with Crippen molar-refractivity contribution in [2.75, 3.05) is 13.1 Å². The lowest BCUT2D eigenvalue weighted by Gasteiger charge is -2.37. The number of halogens is 2. The molecule has 7 heteroatoms. The van der Waals surface area contributed by atoms with Crippen molar-refractivity contribution in [2.45, 2.75) is 44.7 Å². The zero-order valence-electron chi connectivity index (χ0n) is 15.3. The summed E-state index contributed by atoms with van der Waals surface area (Å²) in [5.41, 5.74) is 7.55. The molecule has 1 aromatic carbocycles. The number of benzene rings is 1. The molecule has 2 heterocycles. The van der Waals surface area contributed by atoms with Crippen molar-refractivity contribution in [3.8, 4) is 0 Å². The number of piperidine rings is 1. The number of aryl methyl sites for hydroxylation is 1. The Morgan fingerprint density at radius 2 is 1.85 bits per heavy atom. The van der Waals surface area contributed by atoms with Gasteiger partial charge in [0, 0.05) is 25.8 Å². The van der Waals surface area contributed by atoms with Gasteiger partial charge >= 0.3 is 0 Å². The van der Waals surface area contributed by atoms with E-state index < -0.39 is 5.54 Å². The second kappa shape index (κ2) is 9.40. The van der Waals surface area contributed by atoms with Crippen LogP contribution < -0.4 is 5.73 Å². The quantitative estimate of drug-likeness (QED) is 0.858. The van der Waals surface area contributed by atoms with E-state index in [0.717, 1.165) is 38.0 Å². The highest BCUT2D eigenvalue weighted by Crippen LogP contribution is 2.30. The van der Waals surface area contributed by atoms with Gasteiger partial charge in [-0.1, -0.05) is 30.3 Å². The van der Waals surface area contributed by atoms with Gasteiger partial charge in [-0.25, -0.2) is 0 Å². The summed E-state index contributed by atoms with van der Waals surface area (Å²) in [6.45, 7) is 6.28. The van der Waals surface area contributed by atoms with Crippen molar-refractivity contribution in [1.29, 1.82) is 0 Å². The predicted molar refractivity (Wildman–Crippen MR) is 109 cm³/mol. The summed E-state index contributed by atoms with van der Waals surface area (Å²) in [5, 5.41) is 4.36. The second-order valence-corrected chi connectivity index (χ2v) is 6.76. The van der Waals surface area contributed by atoms with Gasteiger partial charge in [0.15, 0.2) is 0 Å². The van der Waals surface area contributed by atoms with Gasteiger partial charge in [-0.2, -0.15) is 5.10 Å². The minimum absolute atomic E-state index is 0. The van der Waals surface area contributed by atoms with Crippen molar-refractivity contribution in [1.82, 2.24) is 14.7 Å². The molecule has 144 valence electrons. The molecule has 26 heavy (non-hydrogen) atoms. The average Bonchev–Trinajstić information content (AvgIpc) is 3.11. The van der Waals surface area contributed by atoms with E-state index >= 15 is 0 Å². The first-order chi connectivity index (χ1) is 11.5. The van der Waals surface area contributed by atoms with Gasteiger partial charge in [0.2, 0.25) is 5.91 Å². The zero-order valence-corrected chi connectivity index (χ0v) is 16.9. The molecule has 2 aromatic rings. The lowest BCUT2D eigenvalue weighted by molar-refractivity contribution is -0.137. The first kappa shape index (κ1) is 22.5. The monoisotopic (exact) mass is 398 g/mol. The maximum Gasteiger partial charge on any atom is 0.246 e. The summed E-state index contributed by atoms with van der Waals surface area (Å²) in [4.78, 5) is 14.8. The summed E-state index contributed by atoms with van der Waals surface area (Å²) in [6, 6.07) is 9.62. The highest BCUT2D eigenvalue weighted by atomic mass is 35.5. The van der Waals surface area contributed by atoms with Crippen molar-refractivity contribution in [2.24, 2.45) is 5.73 Å². The molecule has 1 amide bonds. The molecule has 0 radical (unpaired) electrons. The van der Waals surface area contributed by atoms with Gasteiger partial charge in [-0.05, 0) is 43.7 Å². The van der Waals surface area contributed by atoms with Crippen LogP contribution in [0, 0.1) is 0 Å². The van der Waals surface area contributed by atoms with Crippen LogP contribution in [-0.2, 0) is 16.9 Å². The molecule has 1 aromatic heterocycles. The third-order valence-corrected chi connectivity index (χ3v) is 5.05. The number of nitrogens with two attached hydrogens (primary N) is 1. The number of carbonyl (C=O) groups is 1. The number of rotatable bonds is 4. The number of aromatic nitrogens is 2. The van der Waals surface area contributed by atoms with Gasteiger partial charge in [-0.15, -0.1) is 24.8 Å². The topological polar surface area (TPSA) is 64.2 Å². The van der Waals surface area contributed by atoms with E-state index in [0.29, 0.717) is 5.92 Å². The Morgan fingerprint density at radius 1 is 1.23 bits per heavy atom. The fraction of sp³-hybridized carbons (Fsp3) is 0.474. The molecule has 0 spiro atoms. The molecule has 1 unspecified atom stereocenters. The van der Waals surface area contributed by atoms with Crippen LogP contribution in [-0.4, -0.2) is 33.7 Å². The Balaban J connectivity index is 0.00000169. The smallest absolute Gasteiger partial charge is 0.246 e. The van der Waals surface area contributed by atoms with E-state index in [9.17, 15) is 4.79 Å². The lowest BCUT2D eigenvalue weighted by atomic mass is 9.88. The lowest BCUT2D eigenvalue weighted by Crippen LogP contribution is -2.52. The third-order valence-electron chi connectivity index (χ3n) is 5.05. The SMILES string of the molecule is CCn1cc(C2CCN(C(=O)C(C)(N)c3ccccc3)CC2)cn1.Cl.Cl. The van der Waals surface area contributed by atoms with E-state index in [4.69, 9.17) is 5.73 Å². The van der Waals surface area contributed by atoms with Crippen molar-refractivity contribution in [3.63, 3.8) is 0 Å². The van der Waals surface area contributed by atoms with Crippen molar-refractivity contribution < 1.29 is 4.79 Å². The highest BCUT2D eigenvalue weighted by Gasteiger charge is 2.36. The number of carbonyl (C=O) groups excluding carboxylic acids is 1. The number of nitrogens with zero attached hydrogens (tertiary/aromatic N) is 3. The second-order valence-electron chi connectivity index (χ2n) is 6.76. The summed E-state index contributed by atoms with van der Waals surface area (Å²) >= 11 is 0. The molecule has 0 saturated carbocycles. The highest BCUT2D eigenvalue weighted by molar-refractivity contribution is 5.87. The maximum absolute atomic E-state index is 12.9. The molecule has 2 N–H and O–H groups in total. The van der Waals surface area contributed by atoms with E-state index in [1.807, 2.05) is 53.0 Å². The summed E-state index contributed by atoms with van der Waals surface area (Å²) < 4.78 is 1.96. The van der Waals surface area contributed by atoms with Crippen molar-refractivity contribution >= 4 is 30.7 Å². The van der Waals surface area contributed by atoms with Crippen LogP contribution in [0.3, 0.4) is 0 Å². The summed E-state index contributed by atoms with van der Waals surface area (Å²) in [6.07, 6.45) is 6.01. The molecule has 3 rings (SSSR count). The maximum atomic E-state index is 12.9. The van der Waals surface area contributed by atoms with Crippen LogP contribution in [0.25, 0.3) is 0 Å². The predicted octanol–water partition coefficient (Wildman–Crippen LogP) is 3.33. The standard InChI is InChI=1S/C19H26N4O.2ClH/c1-3-23-14-16(13-21-23)15-9-11-22(12-10-15)18(24)19(2,20)17-7-5-4-6-8-17;;/h4-8,13-15H,3,9-12,20H2,1-2H3;2*1H. The number of hydrogen-bond acceptors (Lipinski definition) is 3. The van der Waals surface area contributed by atoms with Crippen molar-refractivity contribution in [3.05, 3.63) is 53.9 Å². The first-order valence-corrected chi connectivity index (χ1v) is 8.68. The number of hydrogen-bond donors (Lipinski definition) is 1. The van der Waals surface area contributed by atoms with Crippen LogP contribution in [0.2, 0.25) is 0 Å². The Labute approximate surface area is 167 Å². The summed E-state index contributed by atoms with van der Waals surface area (Å²) in [7, 11) is 0. The van der Waals surface area contributed by atoms with E-state index in [2.05, 4.69) is 18.2 Å². The van der Waals surface area contributed by atoms with Gasteiger partial charge < -0.3 is 10.6 Å². The molecule has 1 aliphatic rings. The van der Waals surface area contributed by atoms with Crippen LogP contribution in [0.15, 0.2) is 42.7 Å². The molecular formula is C19H28Cl2N4O. The Kier molecular flexibility index (Phi) is 8.13.